The second-order valence-corrected chi connectivity index (χ2v) is 7.41. The number of fused-ring (bicyclic) bond motifs is 2. The van der Waals surface area contributed by atoms with E-state index in [0.717, 1.165) is 0 Å². The number of phenolic OH excluding ortho intramolecular Hbond substituents is 1. The van der Waals surface area contributed by atoms with E-state index in [1.165, 1.54) is 20.3 Å². The van der Waals surface area contributed by atoms with Crippen LogP contribution in [0.1, 0.15) is 19.4 Å². The zero-order valence-electron chi connectivity index (χ0n) is 17.4. The van der Waals surface area contributed by atoms with Crippen molar-refractivity contribution >= 4 is 17.0 Å². The van der Waals surface area contributed by atoms with Crippen LogP contribution in [0, 0.1) is 0 Å². The molecule has 0 radical (unpaired) electrons. The van der Waals surface area contributed by atoms with Gasteiger partial charge in [0.1, 0.15) is 22.5 Å². The molecule has 2 aromatic carbocycles. The average molecular weight is 410 g/mol. The molecule has 0 spiro atoms. The van der Waals surface area contributed by atoms with Crippen molar-refractivity contribution in [2.45, 2.75) is 19.4 Å². The van der Waals surface area contributed by atoms with Gasteiger partial charge in [0.25, 0.3) is 0 Å². The van der Waals surface area contributed by atoms with Gasteiger partial charge in [0.05, 0.1) is 26.9 Å². The Balaban J connectivity index is 2.01. The van der Waals surface area contributed by atoms with Gasteiger partial charge >= 0.3 is 0 Å². The van der Waals surface area contributed by atoms with E-state index < -0.39 is 11.0 Å². The molecule has 0 saturated carbocycles. The molecule has 3 aromatic rings. The maximum Gasteiger partial charge on any atom is 0.205 e. The summed E-state index contributed by atoms with van der Waals surface area (Å²) >= 11 is 0. The Morgan fingerprint density at radius 3 is 2.40 bits per heavy atom. The summed E-state index contributed by atoms with van der Waals surface area (Å²) in [4.78, 5) is 13.0. The molecule has 7 nitrogen and oxygen atoms in total. The number of methoxy groups -OCH3 is 3. The summed E-state index contributed by atoms with van der Waals surface area (Å²) in [5.41, 5.74) is 0.0775. The van der Waals surface area contributed by atoms with Gasteiger partial charge in [-0.3, -0.25) is 4.79 Å². The SMILES string of the molecule is COc1ccc(-c2cc(=O)c3c(O)c4c(c(OC)c3o2)OC(C)(C)C=C4)cc1OC. The van der Waals surface area contributed by atoms with Crippen molar-refractivity contribution in [1.82, 2.24) is 0 Å². The number of hydrogen-bond donors (Lipinski definition) is 1. The molecular formula is C23H22O7. The minimum absolute atomic E-state index is 0.0304. The van der Waals surface area contributed by atoms with Crippen LogP contribution in [0.25, 0.3) is 28.4 Å². The van der Waals surface area contributed by atoms with Crippen LogP contribution in [-0.2, 0) is 0 Å². The first-order valence-corrected chi connectivity index (χ1v) is 9.31. The molecule has 0 saturated heterocycles. The summed E-state index contributed by atoms with van der Waals surface area (Å²) in [6.45, 7) is 3.76. The molecule has 0 aliphatic carbocycles. The third kappa shape index (κ3) is 3.03. The maximum atomic E-state index is 13.0. The molecule has 7 heteroatoms. The zero-order chi connectivity index (χ0) is 21.6. The average Bonchev–Trinajstić information content (AvgIpc) is 2.72. The first-order valence-electron chi connectivity index (χ1n) is 9.31. The topological polar surface area (TPSA) is 87.4 Å². The van der Waals surface area contributed by atoms with Crippen LogP contribution in [0.3, 0.4) is 0 Å². The second-order valence-electron chi connectivity index (χ2n) is 7.41. The lowest BCUT2D eigenvalue weighted by molar-refractivity contribution is 0.152. The molecule has 0 bridgehead atoms. The van der Waals surface area contributed by atoms with Crippen molar-refractivity contribution in [3.63, 3.8) is 0 Å². The lowest BCUT2D eigenvalue weighted by Crippen LogP contribution is -2.28. The fourth-order valence-corrected chi connectivity index (χ4v) is 3.50. The number of benzene rings is 2. The van der Waals surface area contributed by atoms with Crippen molar-refractivity contribution in [3.05, 3.63) is 46.1 Å². The highest BCUT2D eigenvalue weighted by molar-refractivity contribution is 5.96. The summed E-state index contributed by atoms with van der Waals surface area (Å²) < 4.78 is 28.2. The van der Waals surface area contributed by atoms with Gasteiger partial charge in [0, 0.05) is 11.6 Å². The number of aromatic hydroxyl groups is 1. The quantitative estimate of drug-likeness (QED) is 0.683. The largest absolute Gasteiger partial charge is 0.506 e. The van der Waals surface area contributed by atoms with E-state index in [4.69, 9.17) is 23.4 Å². The first kappa shape index (κ1) is 19.7. The van der Waals surface area contributed by atoms with Gasteiger partial charge in [-0.2, -0.15) is 0 Å². The van der Waals surface area contributed by atoms with Crippen molar-refractivity contribution in [1.29, 1.82) is 0 Å². The van der Waals surface area contributed by atoms with Crippen LogP contribution in [-0.4, -0.2) is 32.0 Å². The van der Waals surface area contributed by atoms with Crippen molar-refractivity contribution < 1.29 is 28.5 Å². The van der Waals surface area contributed by atoms with Crippen molar-refractivity contribution in [3.8, 4) is 40.1 Å². The standard InChI is InChI=1S/C23H22O7/c1-23(2)9-8-13-19(25)18-14(24)11-16(29-21(18)22(28-5)20(13)30-23)12-6-7-15(26-3)17(10-12)27-4/h6-11,25H,1-5H3. The maximum absolute atomic E-state index is 13.0. The summed E-state index contributed by atoms with van der Waals surface area (Å²) in [7, 11) is 4.53. The molecule has 1 aliphatic heterocycles. The number of rotatable bonds is 4. The van der Waals surface area contributed by atoms with Gasteiger partial charge in [-0.1, -0.05) is 0 Å². The lowest BCUT2D eigenvalue weighted by Gasteiger charge is -2.29. The highest BCUT2D eigenvalue weighted by Crippen LogP contribution is 2.49. The molecule has 0 atom stereocenters. The second kappa shape index (κ2) is 7.02. The van der Waals surface area contributed by atoms with Crippen LogP contribution < -0.4 is 24.4 Å². The van der Waals surface area contributed by atoms with Crippen LogP contribution >= 0.6 is 0 Å². The summed E-state index contributed by atoms with van der Waals surface area (Å²) in [6, 6.07) is 6.50. The number of ether oxygens (including phenoxy) is 4. The summed E-state index contributed by atoms with van der Waals surface area (Å²) in [5.74, 6) is 1.69. The van der Waals surface area contributed by atoms with Crippen LogP contribution in [0.4, 0.5) is 0 Å². The van der Waals surface area contributed by atoms with E-state index in [1.807, 2.05) is 13.8 Å². The molecule has 0 fully saturated rings. The summed E-state index contributed by atoms with van der Waals surface area (Å²) in [6.07, 6.45) is 3.53. The minimum atomic E-state index is -0.609. The fourth-order valence-electron chi connectivity index (χ4n) is 3.50. The Labute approximate surface area is 173 Å². The molecule has 2 heterocycles. The third-order valence-electron chi connectivity index (χ3n) is 4.99. The van der Waals surface area contributed by atoms with E-state index in [0.29, 0.717) is 28.4 Å². The first-order chi connectivity index (χ1) is 14.3. The molecule has 1 aliphatic rings. The van der Waals surface area contributed by atoms with Crippen LogP contribution in [0.15, 0.2) is 39.6 Å². The highest BCUT2D eigenvalue weighted by atomic mass is 16.5. The van der Waals surface area contributed by atoms with Crippen molar-refractivity contribution in [2.75, 3.05) is 21.3 Å². The van der Waals surface area contributed by atoms with Gasteiger partial charge in [-0.25, -0.2) is 0 Å². The van der Waals surface area contributed by atoms with E-state index >= 15 is 0 Å². The smallest absolute Gasteiger partial charge is 0.205 e. The van der Waals surface area contributed by atoms with E-state index in [9.17, 15) is 9.90 Å². The van der Waals surface area contributed by atoms with Gasteiger partial charge in [-0.15, -0.1) is 0 Å². The van der Waals surface area contributed by atoms with Gasteiger partial charge in [0.2, 0.25) is 5.75 Å². The number of phenols is 1. The van der Waals surface area contributed by atoms with E-state index in [2.05, 4.69) is 0 Å². The predicted molar refractivity (Wildman–Crippen MR) is 113 cm³/mol. The van der Waals surface area contributed by atoms with Crippen LogP contribution in [0.2, 0.25) is 0 Å². The third-order valence-corrected chi connectivity index (χ3v) is 4.99. The fraction of sp³-hybridized carbons (Fsp3) is 0.261. The molecule has 0 amide bonds. The Morgan fingerprint density at radius 1 is 1.00 bits per heavy atom. The minimum Gasteiger partial charge on any atom is -0.506 e. The molecular weight excluding hydrogens is 388 g/mol. The molecule has 4 rings (SSSR count). The Morgan fingerprint density at radius 2 is 1.73 bits per heavy atom. The Bertz CT molecular complexity index is 1230. The molecule has 156 valence electrons. The molecule has 1 N–H and O–H groups in total. The van der Waals surface area contributed by atoms with E-state index in [1.54, 1.807) is 37.5 Å². The molecule has 0 unspecified atom stereocenters. The zero-order valence-corrected chi connectivity index (χ0v) is 17.4. The van der Waals surface area contributed by atoms with Gasteiger partial charge in [-0.05, 0) is 44.2 Å². The molecule has 1 aromatic heterocycles. The van der Waals surface area contributed by atoms with E-state index in [-0.39, 0.29) is 28.2 Å². The van der Waals surface area contributed by atoms with Crippen molar-refractivity contribution in [2.24, 2.45) is 0 Å². The number of hydrogen-bond acceptors (Lipinski definition) is 7. The predicted octanol–water partition coefficient (Wildman–Crippen LogP) is 4.38. The van der Waals surface area contributed by atoms with Gasteiger partial charge in [0.15, 0.2) is 28.3 Å². The Kier molecular flexibility index (Phi) is 4.61. The van der Waals surface area contributed by atoms with Crippen LogP contribution in [0.5, 0.6) is 28.7 Å². The molecule has 30 heavy (non-hydrogen) atoms. The lowest BCUT2D eigenvalue weighted by atomic mass is 9.99. The Hall–Kier alpha value is -3.61. The summed E-state index contributed by atoms with van der Waals surface area (Å²) in [5, 5.41) is 10.8. The monoisotopic (exact) mass is 410 g/mol. The normalized spacial score (nSPS) is 14.2. The highest BCUT2D eigenvalue weighted by Gasteiger charge is 2.31. The van der Waals surface area contributed by atoms with Gasteiger partial charge < -0.3 is 28.5 Å².